The summed E-state index contributed by atoms with van der Waals surface area (Å²) >= 11 is 0. The van der Waals surface area contributed by atoms with Crippen LogP contribution in [0, 0.1) is 17.2 Å². The molecule has 0 spiro atoms. The van der Waals surface area contributed by atoms with E-state index in [4.69, 9.17) is 9.47 Å². The van der Waals surface area contributed by atoms with E-state index in [1.54, 1.807) is 31.3 Å². The molecule has 1 amide bonds. The summed E-state index contributed by atoms with van der Waals surface area (Å²) in [5.74, 6) is 0.423. The summed E-state index contributed by atoms with van der Waals surface area (Å²) in [6.45, 7) is 5.04. The van der Waals surface area contributed by atoms with Crippen molar-refractivity contribution in [2.24, 2.45) is 5.92 Å². The molecule has 114 valence electrons. The Morgan fingerprint density at radius 1 is 1.24 bits per heavy atom. The van der Waals surface area contributed by atoms with Crippen molar-refractivity contribution in [1.82, 2.24) is 4.90 Å². The Morgan fingerprint density at radius 2 is 1.86 bits per heavy atom. The van der Waals surface area contributed by atoms with Crippen LogP contribution < -0.4 is 9.47 Å². The average Bonchev–Trinajstić information content (AvgIpc) is 2.53. The number of hydrogen-bond acceptors (Lipinski definition) is 4. The van der Waals surface area contributed by atoms with E-state index in [9.17, 15) is 10.1 Å². The number of amides is 1. The fraction of sp³-hybridized carbons (Fsp3) is 0.500. The molecule has 0 aromatic heterocycles. The molecular weight excluding hydrogens is 268 g/mol. The number of nitrogens with zero attached hydrogens (tertiary/aromatic N) is 2. The summed E-state index contributed by atoms with van der Waals surface area (Å²) < 4.78 is 10.4. The zero-order valence-corrected chi connectivity index (χ0v) is 13.0. The van der Waals surface area contributed by atoms with Crippen LogP contribution in [-0.2, 0) is 11.2 Å². The minimum absolute atomic E-state index is 0.128. The molecule has 0 aliphatic heterocycles. The highest BCUT2D eigenvalue weighted by Gasteiger charge is 2.23. The SMILES string of the molecule is CCN(CC)C(=O)C(C#N)Cc1ccc(OC)c(OC)c1. The van der Waals surface area contributed by atoms with Gasteiger partial charge in [-0.2, -0.15) is 5.26 Å². The Balaban J connectivity index is 2.92. The number of rotatable bonds is 7. The van der Waals surface area contributed by atoms with E-state index in [1.807, 2.05) is 19.9 Å². The molecule has 0 aliphatic rings. The van der Waals surface area contributed by atoms with Gasteiger partial charge >= 0.3 is 0 Å². The maximum Gasteiger partial charge on any atom is 0.240 e. The van der Waals surface area contributed by atoms with Crippen molar-refractivity contribution in [3.63, 3.8) is 0 Å². The molecule has 1 aromatic carbocycles. The van der Waals surface area contributed by atoms with Crippen LogP contribution in [0.4, 0.5) is 0 Å². The molecule has 1 atom stereocenters. The van der Waals surface area contributed by atoms with Gasteiger partial charge in [-0.3, -0.25) is 4.79 Å². The van der Waals surface area contributed by atoms with Crippen molar-refractivity contribution in [1.29, 1.82) is 5.26 Å². The number of nitriles is 1. The van der Waals surface area contributed by atoms with Crippen molar-refractivity contribution in [2.45, 2.75) is 20.3 Å². The number of methoxy groups -OCH3 is 2. The van der Waals surface area contributed by atoms with E-state index >= 15 is 0 Å². The van der Waals surface area contributed by atoms with Crippen molar-refractivity contribution in [2.75, 3.05) is 27.3 Å². The molecule has 5 nitrogen and oxygen atoms in total. The van der Waals surface area contributed by atoms with Crippen LogP contribution in [0.25, 0.3) is 0 Å². The van der Waals surface area contributed by atoms with E-state index in [1.165, 1.54) is 0 Å². The number of ether oxygens (including phenoxy) is 2. The fourth-order valence-corrected chi connectivity index (χ4v) is 2.19. The Hall–Kier alpha value is -2.22. The lowest BCUT2D eigenvalue weighted by Crippen LogP contribution is -2.36. The van der Waals surface area contributed by atoms with Crippen molar-refractivity contribution in [3.8, 4) is 17.6 Å². The first-order chi connectivity index (χ1) is 10.1. The van der Waals surface area contributed by atoms with Crippen LogP contribution in [0.15, 0.2) is 18.2 Å². The first kappa shape index (κ1) is 16.8. The van der Waals surface area contributed by atoms with Crippen LogP contribution in [0.3, 0.4) is 0 Å². The van der Waals surface area contributed by atoms with Gasteiger partial charge in [0.1, 0.15) is 5.92 Å². The molecule has 0 saturated heterocycles. The lowest BCUT2D eigenvalue weighted by atomic mass is 9.98. The first-order valence-electron chi connectivity index (χ1n) is 7.00. The second-order valence-corrected chi connectivity index (χ2v) is 4.59. The third-order valence-corrected chi connectivity index (χ3v) is 3.42. The molecule has 0 radical (unpaired) electrons. The molecule has 1 aromatic rings. The third kappa shape index (κ3) is 4.12. The largest absolute Gasteiger partial charge is 0.493 e. The zero-order valence-electron chi connectivity index (χ0n) is 13.0. The molecule has 0 bridgehead atoms. The van der Waals surface area contributed by atoms with Crippen molar-refractivity contribution < 1.29 is 14.3 Å². The number of carbonyl (C=O) groups is 1. The highest BCUT2D eigenvalue weighted by molar-refractivity contribution is 5.81. The topological polar surface area (TPSA) is 62.6 Å². The normalized spacial score (nSPS) is 11.4. The van der Waals surface area contributed by atoms with Crippen LogP contribution in [-0.4, -0.2) is 38.1 Å². The van der Waals surface area contributed by atoms with E-state index in [0.717, 1.165) is 5.56 Å². The van der Waals surface area contributed by atoms with E-state index in [0.29, 0.717) is 31.0 Å². The molecule has 21 heavy (non-hydrogen) atoms. The molecule has 1 rings (SSSR count). The summed E-state index contributed by atoms with van der Waals surface area (Å²) in [6, 6.07) is 7.54. The predicted molar refractivity (Wildman–Crippen MR) is 80.3 cm³/mol. The van der Waals surface area contributed by atoms with E-state index < -0.39 is 5.92 Å². The summed E-state index contributed by atoms with van der Waals surface area (Å²) in [7, 11) is 3.13. The van der Waals surface area contributed by atoms with Crippen LogP contribution in [0.1, 0.15) is 19.4 Å². The molecule has 0 N–H and O–H groups in total. The lowest BCUT2D eigenvalue weighted by Gasteiger charge is -2.21. The van der Waals surface area contributed by atoms with Gasteiger partial charge < -0.3 is 14.4 Å². The van der Waals surface area contributed by atoms with E-state index in [-0.39, 0.29) is 5.91 Å². The zero-order chi connectivity index (χ0) is 15.8. The molecule has 0 fully saturated rings. The molecule has 1 unspecified atom stereocenters. The summed E-state index contributed by atoms with van der Waals surface area (Å²) in [4.78, 5) is 13.9. The van der Waals surface area contributed by atoms with Gasteiger partial charge in [-0.1, -0.05) is 6.07 Å². The lowest BCUT2D eigenvalue weighted by molar-refractivity contribution is -0.133. The van der Waals surface area contributed by atoms with Gasteiger partial charge in [-0.25, -0.2) is 0 Å². The standard InChI is InChI=1S/C16H22N2O3/c1-5-18(6-2)16(19)13(11-17)9-12-7-8-14(20-3)15(10-12)21-4/h7-8,10,13H,5-6,9H2,1-4H3. The number of benzene rings is 1. The molecule has 5 heteroatoms. The highest BCUT2D eigenvalue weighted by Crippen LogP contribution is 2.28. The minimum Gasteiger partial charge on any atom is -0.493 e. The van der Waals surface area contributed by atoms with Gasteiger partial charge in [0, 0.05) is 13.1 Å². The number of carbonyl (C=O) groups excluding carboxylic acids is 1. The van der Waals surface area contributed by atoms with Gasteiger partial charge in [0.25, 0.3) is 0 Å². The summed E-state index contributed by atoms with van der Waals surface area (Å²) in [6.07, 6.45) is 0.367. The fourth-order valence-electron chi connectivity index (χ4n) is 2.19. The van der Waals surface area contributed by atoms with Gasteiger partial charge in [0.15, 0.2) is 11.5 Å². The van der Waals surface area contributed by atoms with Crippen molar-refractivity contribution in [3.05, 3.63) is 23.8 Å². The quantitative estimate of drug-likeness (QED) is 0.772. The van der Waals surface area contributed by atoms with Gasteiger partial charge in [0.2, 0.25) is 5.91 Å². The van der Waals surface area contributed by atoms with Gasteiger partial charge in [-0.05, 0) is 38.0 Å². The Bertz CT molecular complexity index is 519. The smallest absolute Gasteiger partial charge is 0.240 e. The van der Waals surface area contributed by atoms with Crippen LogP contribution in [0.5, 0.6) is 11.5 Å². The average molecular weight is 290 g/mol. The minimum atomic E-state index is -0.678. The van der Waals surface area contributed by atoms with E-state index in [2.05, 4.69) is 6.07 Å². The van der Waals surface area contributed by atoms with Crippen molar-refractivity contribution >= 4 is 5.91 Å². The third-order valence-electron chi connectivity index (χ3n) is 3.42. The van der Waals surface area contributed by atoms with Crippen LogP contribution >= 0.6 is 0 Å². The first-order valence-corrected chi connectivity index (χ1v) is 7.00. The van der Waals surface area contributed by atoms with Crippen LogP contribution in [0.2, 0.25) is 0 Å². The molecular formula is C16H22N2O3. The van der Waals surface area contributed by atoms with Gasteiger partial charge in [0.05, 0.1) is 20.3 Å². The second kappa shape index (κ2) is 8.15. The monoisotopic (exact) mass is 290 g/mol. The molecule has 0 heterocycles. The Kier molecular flexibility index (Phi) is 6.54. The summed E-state index contributed by atoms with van der Waals surface area (Å²) in [5, 5.41) is 9.27. The Morgan fingerprint density at radius 3 is 2.33 bits per heavy atom. The molecule has 0 aliphatic carbocycles. The Labute approximate surface area is 126 Å². The number of hydrogen-bond donors (Lipinski definition) is 0. The summed E-state index contributed by atoms with van der Waals surface area (Å²) in [5.41, 5.74) is 0.875. The maximum absolute atomic E-state index is 12.3. The van der Waals surface area contributed by atoms with Gasteiger partial charge in [-0.15, -0.1) is 0 Å². The maximum atomic E-state index is 12.3. The predicted octanol–water partition coefficient (Wildman–Crippen LogP) is 2.25. The molecule has 0 saturated carbocycles. The highest BCUT2D eigenvalue weighted by atomic mass is 16.5. The second-order valence-electron chi connectivity index (χ2n) is 4.59.